The van der Waals surface area contributed by atoms with Crippen molar-refractivity contribution in [2.75, 3.05) is 20.2 Å². The minimum absolute atomic E-state index is 0.0506. The van der Waals surface area contributed by atoms with Gasteiger partial charge in [0, 0.05) is 26.3 Å². The molecular formula is C23H27N3O3. The third-order valence-corrected chi connectivity index (χ3v) is 5.98. The van der Waals surface area contributed by atoms with E-state index in [2.05, 4.69) is 24.3 Å². The topological polar surface area (TPSA) is 56.5 Å². The molecule has 0 bridgehead atoms. The molecule has 0 saturated carbocycles. The number of esters is 1. The molecule has 1 aromatic carbocycles. The molecule has 2 aromatic heterocycles. The number of ether oxygens (including phenoxy) is 1. The number of carbonyl (C=O) groups excluding carboxylic acids is 2. The maximum absolute atomic E-state index is 13.0. The molecule has 6 nitrogen and oxygen atoms in total. The van der Waals surface area contributed by atoms with Gasteiger partial charge in [-0.3, -0.25) is 4.79 Å². The molecule has 1 aliphatic heterocycles. The van der Waals surface area contributed by atoms with Crippen LogP contribution in [0.4, 0.5) is 0 Å². The maximum atomic E-state index is 13.0. The van der Waals surface area contributed by atoms with Crippen LogP contribution in [0.15, 0.2) is 48.7 Å². The Morgan fingerprint density at radius 3 is 2.48 bits per heavy atom. The number of fused-ring (bicyclic) bond motifs is 1. The number of methoxy groups -OCH3 is 1. The van der Waals surface area contributed by atoms with Crippen LogP contribution in [0.1, 0.15) is 28.9 Å². The van der Waals surface area contributed by atoms with Crippen LogP contribution >= 0.6 is 0 Å². The highest BCUT2D eigenvalue weighted by molar-refractivity contribution is 5.96. The van der Waals surface area contributed by atoms with Gasteiger partial charge < -0.3 is 18.8 Å². The quantitative estimate of drug-likeness (QED) is 0.626. The monoisotopic (exact) mass is 393 g/mol. The predicted molar refractivity (Wildman–Crippen MR) is 112 cm³/mol. The largest absolute Gasteiger partial charge is 0.464 e. The van der Waals surface area contributed by atoms with Crippen molar-refractivity contribution in [3.05, 3.63) is 59.9 Å². The molecule has 1 fully saturated rings. The van der Waals surface area contributed by atoms with E-state index in [4.69, 9.17) is 4.74 Å². The molecular weight excluding hydrogens is 366 g/mol. The molecule has 0 unspecified atom stereocenters. The van der Waals surface area contributed by atoms with Gasteiger partial charge in [0.25, 0.3) is 0 Å². The molecule has 0 radical (unpaired) electrons. The van der Waals surface area contributed by atoms with Gasteiger partial charge in [0.05, 0.1) is 18.1 Å². The summed E-state index contributed by atoms with van der Waals surface area (Å²) < 4.78 is 8.64. The number of nitrogens with zero attached hydrogens (tertiary/aromatic N) is 3. The summed E-state index contributed by atoms with van der Waals surface area (Å²) in [4.78, 5) is 27.1. The number of hydrogen-bond donors (Lipinski definition) is 0. The van der Waals surface area contributed by atoms with Gasteiger partial charge >= 0.3 is 5.97 Å². The number of amides is 1. The van der Waals surface area contributed by atoms with E-state index < -0.39 is 5.97 Å². The number of hydrogen-bond acceptors (Lipinski definition) is 3. The Morgan fingerprint density at radius 1 is 1.07 bits per heavy atom. The van der Waals surface area contributed by atoms with Crippen LogP contribution in [-0.4, -0.2) is 46.1 Å². The summed E-state index contributed by atoms with van der Waals surface area (Å²) in [6, 6.07) is 14.3. The second-order valence-electron chi connectivity index (χ2n) is 7.82. The molecule has 29 heavy (non-hydrogen) atoms. The van der Waals surface area contributed by atoms with Gasteiger partial charge in [0.2, 0.25) is 5.91 Å². The fourth-order valence-corrected chi connectivity index (χ4v) is 4.28. The van der Waals surface area contributed by atoms with Crippen LogP contribution in [0.2, 0.25) is 0 Å². The minimum Gasteiger partial charge on any atom is -0.464 e. The lowest BCUT2D eigenvalue weighted by Crippen LogP contribution is -2.40. The van der Waals surface area contributed by atoms with E-state index in [-0.39, 0.29) is 12.5 Å². The molecule has 3 heterocycles. The van der Waals surface area contributed by atoms with Crippen LogP contribution in [0.3, 0.4) is 0 Å². The Kier molecular flexibility index (Phi) is 5.43. The summed E-state index contributed by atoms with van der Waals surface area (Å²) in [7, 11) is 3.29. The standard InChI is InChI=1S/C23H27N3O3/c1-24-11-10-19-20(24)15-21(23(28)29-2)26(19)16-22(27)25-12-8-18(9-13-25)14-17-6-4-3-5-7-17/h3-7,10-11,15,18H,8-9,12-14,16H2,1-2H3. The molecule has 0 spiro atoms. The van der Waals surface area contributed by atoms with Gasteiger partial charge in [0.15, 0.2) is 0 Å². The fraction of sp³-hybridized carbons (Fsp3) is 0.391. The molecule has 0 aliphatic carbocycles. The van der Waals surface area contributed by atoms with E-state index >= 15 is 0 Å². The number of aromatic nitrogens is 2. The zero-order valence-corrected chi connectivity index (χ0v) is 17.0. The van der Waals surface area contributed by atoms with Gasteiger partial charge in [-0.15, -0.1) is 0 Å². The molecule has 1 saturated heterocycles. The minimum atomic E-state index is -0.421. The molecule has 0 atom stereocenters. The highest BCUT2D eigenvalue weighted by Crippen LogP contribution is 2.24. The van der Waals surface area contributed by atoms with Crippen LogP contribution < -0.4 is 0 Å². The van der Waals surface area contributed by atoms with Gasteiger partial charge in [-0.05, 0) is 42.9 Å². The van der Waals surface area contributed by atoms with Crippen molar-refractivity contribution in [3.63, 3.8) is 0 Å². The van der Waals surface area contributed by atoms with E-state index in [0.29, 0.717) is 11.6 Å². The number of carbonyl (C=O) groups is 2. The number of rotatable bonds is 5. The van der Waals surface area contributed by atoms with Crippen LogP contribution in [0.5, 0.6) is 0 Å². The Hall–Kier alpha value is -3.02. The second kappa shape index (κ2) is 8.15. The Morgan fingerprint density at radius 2 is 1.79 bits per heavy atom. The van der Waals surface area contributed by atoms with Crippen LogP contribution in [-0.2, 0) is 29.5 Å². The smallest absolute Gasteiger partial charge is 0.354 e. The first-order chi connectivity index (χ1) is 14.1. The second-order valence-corrected chi connectivity index (χ2v) is 7.82. The molecule has 3 aromatic rings. The first-order valence-corrected chi connectivity index (χ1v) is 10.1. The molecule has 4 rings (SSSR count). The molecule has 152 valence electrons. The highest BCUT2D eigenvalue weighted by atomic mass is 16.5. The van der Waals surface area contributed by atoms with E-state index in [1.807, 2.05) is 34.8 Å². The fourth-order valence-electron chi connectivity index (χ4n) is 4.28. The Balaban J connectivity index is 1.43. The number of benzene rings is 1. The summed E-state index contributed by atoms with van der Waals surface area (Å²) in [6.07, 6.45) is 5.02. The molecule has 1 aliphatic rings. The lowest BCUT2D eigenvalue weighted by Gasteiger charge is -2.32. The zero-order chi connectivity index (χ0) is 20.4. The summed E-state index contributed by atoms with van der Waals surface area (Å²) >= 11 is 0. The van der Waals surface area contributed by atoms with Gasteiger partial charge in [-0.25, -0.2) is 4.79 Å². The SMILES string of the molecule is COC(=O)c1cc2c(ccn2C)n1CC(=O)N1CCC(Cc2ccccc2)CC1. The average molecular weight is 393 g/mol. The molecule has 1 amide bonds. The first kappa shape index (κ1) is 19.3. The van der Waals surface area contributed by atoms with E-state index in [1.54, 1.807) is 10.6 Å². The lowest BCUT2D eigenvalue weighted by molar-refractivity contribution is -0.133. The van der Waals surface area contributed by atoms with Crippen LogP contribution in [0.25, 0.3) is 11.0 Å². The third kappa shape index (κ3) is 3.92. The van der Waals surface area contributed by atoms with Crippen molar-refractivity contribution in [3.8, 4) is 0 Å². The van der Waals surface area contributed by atoms with Crippen molar-refractivity contribution in [2.45, 2.75) is 25.8 Å². The summed E-state index contributed by atoms with van der Waals surface area (Å²) in [5, 5.41) is 0. The number of likely N-dealkylation sites (tertiary alicyclic amines) is 1. The highest BCUT2D eigenvalue weighted by Gasteiger charge is 2.25. The molecule has 0 N–H and O–H groups in total. The summed E-state index contributed by atoms with van der Waals surface area (Å²) in [6.45, 7) is 1.69. The number of piperidine rings is 1. The normalized spacial score (nSPS) is 15.0. The summed E-state index contributed by atoms with van der Waals surface area (Å²) in [5.41, 5.74) is 3.57. The Labute approximate surface area is 170 Å². The van der Waals surface area contributed by atoms with E-state index in [1.165, 1.54) is 12.7 Å². The third-order valence-electron chi connectivity index (χ3n) is 5.98. The van der Waals surface area contributed by atoms with Crippen molar-refractivity contribution in [1.82, 2.24) is 14.0 Å². The van der Waals surface area contributed by atoms with Crippen molar-refractivity contribution >= 4 is 22.9 Å². The molecule has 6 heteroatoms. The van der Waals surface area contributed by atoms with E-state index in [0.717, 1.165) is 43.4 Å². The Bertz CT molecular complexity index is 1010. The number of aryl methyl sites for hydroxylation is 1. The predicted octanol–water partition coefficient (Wildman–Crippen LogP) is 3.25. The van der Waals surface area contributed by atoms with Gasteiger partial charge in [0.1, 0.15) is 12.2 Å². The van der Waals surface area contributed by atoms with Crippen molar-refractivity contribution in [2.24, 2.45) is 13.0 Å². The first-order valence-electron chi connectivity index (χ1n) is 10.1. The van der Waals surface area contributed by atoms with Gasteiger partial charge in [-0.2, -0.15) is 0 Å². The zero-order valence-electron chi connectivity index (χ0n) is 17.0. The van der Waals surface area contributed by atoms with Crippen LogP contribution in [0, 0.1) is 5.92 Å². The van der Waals surface area contributed by atoms with Crippen molar-refractivity contribution in [1.29, 1.82) is 0 Å². The maximum Gasteiger partial charge on any atom is 0.354 e. The summed E-state index contributed by atoms with van der Waals surface area (Å²) in [5.74, 6) is 0.240. The van der Waals surface area contributed by atoms with E-state index in [9.17, 15) is 9.59 Å². The average Bonchev–Trinajstić information content (AvgIpc) is 3.29. The van der Waals surface area contributed by atoms with Gasteiger partial charge in [-0.1, -0.05) is 30.3 Å². The lowest BCUT2D eigenvalue weighted by atomic mass is 9.90. The van der Waals surface area contributed by atoms with Crippen molar-refractivity contribution < 1.29 is 14.3 Å².